The average molecular weight is 204 g/mol. The second-order valence-electron chi connectivity index (χ2n) is 3.16. The van der Waals surface area contributed by atoms with Gasteiger partial charge in [0.25, 0.3) is 5.91 Å². The number of aromatic nitrogens is 3. The number of H-pyrrole nitrogens is 1. The van der Waals surface area contributed by atoms with Gasteiger partial charge in [-0.15, -0.1) is 0 Å². The Hall–Kier alpha value is -2.04. The zero-order valence-electron chi connectivity index (χ0n) is 8.18. The highest BCUT2D eigenvalue weighted by Gasteiger charge is 2.04. The normalized spacial score (nSPS) is 10.1. The Kier molecular flexibility index (Phi) is 2.82. The van der Waals surface area contributed by atoms with E-state index in [1.54, 1.807) is 6.20 Å². The van der Waals surface area contributed by atoms with Crippen LogP contribution in [0.4, 0.5) is 0 Å². The van der Waals surface area contributed by atoms with Crippen LogP contribution in [0, 0.1) is 0 Å². The average Bonchev–Trinajstić information content (AvgIpc) is 2.90. The first kappa shape index (κ1) is 9.51. The summed E-state index contributed by atoms with van der Waals surface area (Å²) in [4.78, 5) is 11.5. The van der Waals surface area contributed by atoms with Crippen molar-refractivity contribution >= 4 is 5.91 Å². The number of rotatable bonds is 4. The lowest BCUT2D eigenvalue weighted by molar-refractivity contribution is 0.0952. The quantitative estimate of drug-likeness (QED) is 0.767. The first-order valence-corrected chi connectivity index (χ1v) is 4.74. The van der Waals surface area contributed by atoms with E-state index in [-0.39, 0.29) is 5.91 Å². The molecule has 0 saturated heterocycles. The van der Waals surface area contributed by atoms with Gasteiger partial charge in [0.15, 0.2) is 0 Å². The highest BCUT2D eigenvalue weighted by Crippen LogP contribution is 1.93. The van der Waals surface area contributed by atoms with Crippen LogP contribution in [0.15, 0.2) is 36.9 Å². The minimum Gasteiger partial charge on any atom is -0.353 e. The van der Waals surface area contributed by atoms with Gasteiger partial charge in [-0.2, -0.15) is 5.10 Å². The van der Waals surface area contributed by atoms with Crippen LogP contribution in [0.1, 0.15) is 10.4 Å². The maximum Gasteiger partial charge on any atom is 0.254 e. The van der Waals surface area contributed by atoms with Crippen molar-refractivity contribution in [3.05, 3.63) is 42.5 Å². The molecule has 0 unspecified atom stereocenters. The molecule has 0 aromatic carbocycles. The van der Waals surface area contributed by atoms with Gasteiger partial charge in [-0.25, -0.2) is 0 Å². The van der Waals surface area contributed by atoms with Crippen molar-refractivity contribution in [1.29, 1.82) is 0 Å². The Morgan fingerprint density at radius 3 is 2.93 bits per heavy atom. The molecule has 5 nitrogen and oxygen atoms in total. The second kappa shape index (κ2) is 4.45. The summed E-state index contributed by atoms with van der Waals surface area (Å²) in [6.07, 6.45) is 7.00. The third-order valence-electron chi connectivity index (χ3n) is 2.08. The molecule has 0 atom stereocenters. The molecule has 0 saturated carbocycles. The number of nitrogens with zero attached hydrogens (tertiary/aromatic N) is 2. The summed E-state index contributed by atoms with van der Waals surface area (Å²) in [5.74, 6) is -0.101. The fraction of sp³-hybridized carbons (Fsp3) is 0.200. The van der Waals surface area contributed by atoms with Crippen LogP contribution < -0.4 is 5.32 Å². The van der Waals surface area contributed by atoms with Gasteiger partial charge in [0.05, 0.1) is 11.8 Å². The van der Waals surface area contributed by atoms with Crippen molar-refractivity contribution < 1.29 is 4.79 Å². The van der Waals surface area contributed by atoms with Crippen molar-refractivity contribution in [3.63, 3.8) is 0 Å². The van der Waals surface area contributed by atoms with Gasteiger partial charge in [-0.1, -0.05) is 0 Å². The second-order valence-corrected chi connectivity index (χ2v) is 3.16. The molecule has 1 amide bonds. The Morgan fingerprint density at radius 1 is 1.47 bits per heavy atom. The topological polar surface area (TPSA) is 62.7 Å². The van der Waals surface area contributed by atoms with E-state index in [0.717, 1.165) is 6.54 Å². The van der Waals surface area contributed by atoms with Gasteiger partial charge < -0.3 is 9.88 Å². The Bertz CT molecular complexity index is 405. The summed E-state index contributed by atoms with van der Waals surface area (Å²) in [6, 6.07) is 3.91. The van der Waals surface area contributed by atoms with Crippen LogP contribution in [0.5, 0.6) is 0 Å². The lowest BCUT2D eigenvalue weighted by atomic mass is 10.3. The van der Waals surface area contributed by atoms with Crippen molar-refractivity contribution in [2.45, 2.75) is 6.54 Å². The molecule has 2 N–H and O–H groups in total. The summed E-state index contributed by atoms with van der Waals surface area (Å²) in [7, 11) is 0. The van der Waals surface area contributed by atoms with Gasteiger partial charge >= 0.3 is 0 Å². The van der Waals surface area contributed by atoms with Gasteiger partial charge in [-0.05, 0) is 12.1 Å². The summed E-state index contributed by atoms with van der Waals surface area (Å²) < 4.78 is 2.01. The SMILES string of the molecule is O=C(NCCn1cccc1)c1cn[nH]c1. The third-order valence-corrected chi connectivity index (χ3v) is 2.08. The first-order chi connectivity index (χ1) is 7.36. The zero-order chi connectivity index (χ0) is 10.5. The summed E-state index contributed by atoms with van der Waals surface area (Å²) in [6.45, 7) is 1.38. The van der Waals surface area contributed by atoms with Gasteiger partial charge in [0, 0.05) is 31.7 Å². The molecule has 0 radical (unpaired) electrons. The molecule has 0 fully saturated rings. The van der Waals surface area contributed by atoms with Crippen molar-refractivity contribution in [1.82, 2.24) is 20.1 Å². The number of carbonyl (C=O) groups excluding carboxylic acids is 1. The van der Waals surface area contributed by atoms with Gasteiger partial charge in [0.1, 0.15) is 0 Å². The van der Waals surface area contributed by atoms with Crippen LogP contribution in [0.2, 0.25) is 0 Å². The fourth-order valence-electron chi connectivity index (χ4n) is 1.29. The highest BCUT2D eigenvalue weighted by molar-refractivity contribution is 5.93. The predicted molar refractivity (Wildman–Crippen MR) is 55.4 cm³/mol. The number of carbonyl (C=O) groups is 1. The minimum absolute atomic E-state index is 0.101. The monoisotopic (exact) mass is 204 g/mol. The Balaban J connectivity index is 1.77. The highest BCUT2D eigenvalue weighted by atomic mass is 16.1. The number of hydrogen-bond acceptors (Lipinski definition) is 2. The molecule has 2 aromatic rings. The third kappa shape index (κ3) is 2.46. The molecule has 5 heteroatoms. The van der Waals surface area contributed by atoms with Crippen LogP contribution in [0.3, 0.4) is 0 Å². The molecule has 0 aliphatic heterocycles. The molecule has 15 heavy (non-hydrogen) atoms. The smallest absolute Gasteiger partial charge is 0.254 e. The van der Waals surface area contributed by atoms with E-state index in [1.807, 2.05) is 29.1 Å². The summed E-state index contributed by atoms with van der Waals surface area (Å²) in [5.41, 5.74) is 0.558. The van der Waals surface area contributed by atoms with E-state index < -0.39 is 0 Å². The van der Waals surface area contributed by atoms with Gasteiger partial charge in [-0.3, -0.25) is 9.89 Å². The zero-order valence-corrected chi connectivity index (χ0v) is 8.18. The minimum atomic E-state index is -0.101. The lowest BCUT2D eigenvalue weighted by Crippen LogP contribution is -2.26. The van der Waals surface area contributed by atoms with E-state index in [0.29, 0.717) is 12.1 Å². The van der Waals surface area contributed by atoms with Crippen LogP contribution in [-0.4, -0.2) is 27.2 Å². The van der Waals surface area contributed by atoms with E-state index in [4.69, 9.17) is 0 Å². The molecule has 78 valence electrons. The van der Waals surface area contributed by atoms with Crippen molar-refractivity contribution in [2.24, 2.45) is 0 Å². The first-order valence-electron chi connectivity index (χ1n) is 4.74. The fourth-order valence-corrected chi connectivity index (χ4v) is 1.29. The predicted octanol–water partition coefficient (Wildman–Crippen LogP) is 0.641. The molecule has 2 heterocycles. The van der Waals surface area contributed by atoms with E-state index in [9.17, 15) is 4.79 Å². The van der Waals surface area contributed by atoms with Gasteiger partial charge in [0.2, 0.25) is 0 Å². The van der Waals surface area contributed by atoms with Crippen LogP contribution in [-0.2, 0) is 6.54 Å². The molecule has 0 spiro atoms. The number of aromatic amines is 1. The number of nitrogens with one attached hydrogen (secondary N) is 2. The Labute approximate surface area is 87.1 Å². The lowest BCUT2D eigenvalue weighted by Gasteiger charge is -2.04. The number of amides is 1. The maximum atomic E-state index is 11.5. The summed E-state index contributed by atoms with van der Waals surface area (Å²) in [5, 5.41) is 9.11. The van der Waals surface area contributed by atoms with E-state index in [1.165, 1.54) is 6.20 Å². The van der Waals surface area contributed by atoms with Crippen LogP contribution in [0.25, 0.3) is 0 Å². The maximum absolute atomic E-state index is 11.5. The molecule has 0 aliphatic rings. The number of hydrogen-bond donors (Lipinski definition) is 2. The molecule has 0 aliphatic carbocycles. The summed E-state index contributed by atoms with van der Waals surface area (Å²) >= 11 is 0. The Morgan fingerprint density at radius 2 is 2.27 bits per heavy atom. The molecule has 2 rings (SSSR count). The molecular weight excluding hydrogens is 192 g/mol. The molecule has 2 aromatic heterocycles. The van der Waals surface area contributed by atoms with E-state index in [2.05, 4.69) is 15.5 Å². The molecule has 0 bridgehead atoms. The van der Waals surface area contributed by atoms with Crippen LogP contribution >= 0.6 is 0 Å². The van der Waals surface area contributed by atoms with E-state index >= 15 is 0 Å². The molecular formula is C10H12N4O. The van der Waals surface area contributed by atoms with Crippen molar-refractivity contribution in [3.8, 4) is 0 Å². The standard InChI is InChI=1S/C10H12N4O/c15-10(9-7-12-13-8-9)11-3-6-14-4-1-2-5-14/h1-2,4-5,7-8H,3,6H2,(H,11,15)(H,12,13). The largest absolute Gasteiger partial charge is 0.353 e. The van der Waals surface area contributed by atoms with Crippen molar-refractivity contribution in [2.75, 3.05) is 6.54 Å².